The number of hydrogen-bond donors (Lipinski definition) is 0. The zero-order chi connectivity index (χ0) is 12.1. The molecule has 0 aliphatic carbocycles. The van der Waals surface area contributed by atoms with Crippen molar-refractivity contribution in [2.24, 2.45) is 0 Å². The first-order valence-corrected chi connectivity index (χ1v) is 7.12. The fourth-order valence-electron chi connectivity index (χ4n) is 1.29. The summed E-state index contributed by atoms with van der Waals surface area (Å²) in [7, 11) is 1.83. The average Bonchev–Trinajstić information content (AvgIpc) is 2.27. The van der Waals surface area contributed by atoms with E-state index in [1.807, 2.05) is 20.2 Å². The number of halogens is 1. The zero-order valence-electron chi connectivity index (χ0n) is 9.61. The number of pyridine rings is 1. The van der Waals surface area contributed by atoms with Crippen LogP contribution < -0.4 is 0 Å². The number of amides is 1. The van der Waals surface area contributed by atoms with Crippen LogP contribution in [0.3, 0.4) is 0 Å². The predicted molar refractivity (Wildman–Crippen MR) is 71.9 cm³/mol. The van der Waals surface area contributed by atoms with E-state index in [0.29, 0.717) is 10.2 Å². The number of thioether (sulfide) groups is 1. The van der Waals surface area contributed by atoms with Crippen LogP contribution in [0.5, 0.6) is 0 Å². The van der Waals surface area contributed by atoms with Crippen molar-refractivity contribution in [3.05, 3.63) is 28.5 Å². The van der Waals surface area contributed by atoms with Gasteiger partial charge in [-0.25, -0.2) is 4.98 Å². The third-order valence-electron chi connectivity index (χ3n) is 2.36. The van der Waals surface area contributed by atoms with Gasteiger partial charge >= 0.3 is 0 Å². The summed E-state index contributed by atoms with van der Waals surface area (Å²) in [6.45, 7) is 2.05. The number of aromatic nitrogens is 1. The lowest BCUT2D eigenvalue weighted by molar-refractivity contribution is 0.0757. The first kappa shape index (κ1) is 13.5. The van der Waals surface area contributed by atoms with Gasteiger partial charge in [-0.2, -0.15) is 11.8 Å². The summed E-state index contributed by atoms with van der Waals surface area (Å²) in [5, 5.41) is 0. The van der Waals surface area contributed by atoms with Gasteiger partial charge < -0.3 is 4.90 Å². The molecule has 1 heterocycles. The summed E-state index contributed by atoms with van der Waals surface area (Å²) in [5.74, 6) is 0.971. The van der Waals surface area contributed by atoms with Gasteiger partial charge in [-0.1, -0.05) is 0 Å². The summed E-state index contributed by atoms with van der Waals surface area (Å²) in [4.78, 5) is 17.8. The average molecular weight is 303 g/mol. The van der Waals surface area contributed by atoms with Crippen molar-refractivity contribution in [1.29, 1.82) is 0 Å². The maximum absolute atomic E-state index is 12.1. The topological polar surface area (TPSA) is 33.2 Å². The number of carbonyl (C=O) groups is 1. The molecule has 0 bridgehead atoms. The highest BCUT2D eigenvalue weighted by Crippen LogP contribution is 2.12. The van der Waals surface area contributed by atoms with Gasteiger partial charge in [0.25, 0.3) is 5.91 Å². The molecule has 1 unspecified atom stereocenters. The van der Waals surface area contributed by atoms with Crippen LogP contribution in [-0.4, -0.2) is 40.9 Å². The largest absolute Gasteiger partial charge is 0.338 e. The fourth-order valence-corrected chi connectivity index (χ4v) is 2.36. The van der Waals surface area contributed by atoms with E-state index in [-0.39, 0.29) is 11.9 Å². The van der Waals surface area contributed by atoms with Crippen molar-refractivity contribution in [3.63, 3.8) is 0 Å². The molecule has 16 heavy (non-hydrogen) atoms. The standard InChI is InChI=1S/C11H15BrN2OS/c1-8(7-16-3)14(2)11(15)9-4-5-13-10(12)6-9/h4-6,8H,7H2,1-3H3. The Morgan fingerprint density at radius 2 is 2.38 bits per heavy atom. The van der Waals surface area contributed by atoms with E-state index in [9.17, 15) is 4.79 Å². The van der Waals surface area contributed by atoms with Crippen molar-refractivity contribution in [2.75, 3.05) is 19.1 Å². The molecule has 0 aliphatic heterocycles. The highest BCUT2D eigenvalue weighted by Gasteiger charge is 2.17. The van der Waals surface area contributed by atoms with E-state index in [4.69, 9.17) is 0 Å². The number of carbonyl (C=O) groups excluding carboxylic acids is 1. The summed E-state index contributed by atoms with van der Waals surface area (Å²) in [5.41, 5.74) is 0.664. The molecule has 1 rings (SSSR count). The van der Waals surface area contributed by atoms with E-state index in [0.717, 1.165) is 5.75 Å². The molecule has 0 radical (unpaired) electrons. The van der Waals surface area contributed by atoms with Gasteiger partial charge in [0.2, 0.25) is 0 Å². The Kier molecular flexibility index (Phi) is 5.28. The van der Waals surface area contributed by atoms with Gasteiger partial charge in [0.1, 0.15) is 4.60 Å². The van der Waals surface area contributed by atoms with E-state index in [2.05, 4.69) is 20.9 Å². The molecule has 3 nitrogen and oxygen atoms in total. The molecule has 0 aliphatic rings. The van der Waals surface area contributed by atoms with Crippen molar-refractivity contribution in [1.82, 2.24) is 9.88 Å². The SMILES string of the molecule is CSCC(C)N(C)C(=O)c1ccnc(Br)c1. The summed E-state index contributed by atoms with van der Waals surface area (Å²) < 4.78 is 0.685. The Bertz CT molecular complexity index is 373. The minimum atomic E-state index is 0.0321. The minimum absolute atomic E-state index is 0.0321. The Labute approximate surface area is 109 Å². The maximum Gasteiger partial charge on any atom is 0.254 e. The lowest BCUT2D eigenvalue weighted by Crippen LogP contribution is -2.36. The highest BCUT2D eigenvalue weighted by atomic mass is 79.9. The van der Waals surface area contributed by atoms with Crippen LogP contribution in [0.15, 0.2) is 22.9 Å². The van der Waals surface area contributed by atoms with Gasteiger partial charge in [0.15, 0.2) is 0 Å². The van der Waals surface area contributed by atoms with Crippen LogP contribution in [0.2, 0.25) is 0 Å². The molecule has 1 atom stereocenters. The third-order valence-corrected chi connectivity index (χ3v) is 3.61. The molecular formula is C11H15BrN2OS. The number of rotatable bonds is 4. The molecule has 0 saturated carbocycles. The zero-order valence-corrected chi connectivity index (χ0v) is 12.0. The van der Waals surface area contributed by atoms with Crippen molar-refractivity contribution < 1.29 is 4.79 Å². The van der Waals surface area contributed by atoms with E-state index >= 15 is 0 Å². The van der Waals surface area contributed by atoms with Crippen LogP contribution >= 0.6 is 27.7 Å². The van der Waals surface area contributed by atoms with Crippen molar-refractivity contribution >= 4 is 33.6 Å². The van der Waals surface area contributed by atoms with E-state index in [1.54, 1.807) is 35.0 Å². The molecular weight excluding hydrogens is 288 g/mol. The maximum atomic E-state index is 12.1. The fraction of sp³-hybridized carbons (Fsp3) is 0.455. The number of hydrogen-bond acceptors (Lipinski definition) is 3. The molecule has 1 amide bonds. The predicted octanol–water partition coefficient (Wildman–Crippen LogP) is 2.67. The van der Waals surface area contributed by atoms with Gasteiger partial charge in [-0.15, -0.1) is 0 Å². The van der Waals surface area contributed by atoms with Crippen LogP contribution in [0.1, 0.15) is 17.3 Å². The normalized spacial score (nSPS) is 12.2. The second-order valence-electron chi connectivity index (χ2n) is 3.59. The van der Waals surface area contributed by atoms with Crippen molar-refractivity contribution in [2.45, 2.75) is 13.0 Å². The minimum Gasteiger partial charge on any atom is -0.338 e. The Morgan fingerprint density at radius 1 is 1.69 bits per heavy atom. The Hall–Kier alpha value is -0.550. The van der Waals surface area contributed by atoms with Crippen LogP contribution in [-0.2, 0) is 0 Å². The lowest BCUT2D eigenvalue weighted by Gasteiger charge is -2.24. The van der Waals surface area contributed by atoms with Crippen LogP contribution in [0.4, 0.5) is 0 Å². The first-order valence-electron chi connectivity index (χ1n) is 4.94. The third kappa shape index (κ3) is 3.49. The smallest absolute Gasteiger partial charge is 0.254 e. The van der Waals surface area contributed by atoms with Gasteiger partial charge in [-0.05, 0) is 41.2 Å². The number of nitrogens with zero attached hydrogens (tertiary/aromatic N) is 2. The quantitative estimate of drug-likeness (QED) is 0.802. The second-order valence-corrected chi connectivity index (χ2v) is 5.31. The first-order chi connectivity index (χ1) is 7.56. The van der Waals surface area contributed by atoms with E-state index < -0.39 is 0 Å². The molecule has 0 N–H and O–H groups in total. The summed E-state index contributed by atoms with van der Waals surface area (Å²) in [6.07, 6.45) is 3.67. The van der Waals surface area contributed by atoms with Gasteiger partial charge in [0, 0.05) is 30.6 Å². The monoisotopic (exact) mass is 302 g/mol. The summed E-state index contributed by atoms with van der Waals surface area (Å²) >= 11 is 5.00. The highest BCUT2D eigenvalue weighted by molar-refractivity contribution is 9.10. The molecule has 1 aromatic rings. The molecule has 1 aromatic heterocycles. The Morgan fingerprint density at radius 3 is 2.94 bits per heavy atom. The van der Waals surface area contributed by atoms with Gasteiger partial charge in [0.05, 0.1) is 0 Å². The van der Waals surface area contributed by atoms with Crippen LogP contribution in [0.25, 0.3) is 0 Å². The molecule has 0 spiro atoms. The van der Waals surface area contributed by atoms with Crippen molar-refractivity contribution in [3.8, 4) is 0 Å². The molecule has 0 aromatic carbocycles. The molecule has 88 valence electrons. The molecule has 0 fully saturated rings. The second kappa shape index (κ2) is 6.25. The van der Waals surface area contributed by atoms with Gasteiger partial charge in [-0.3, -0.25) is 4.79 Å². The lowest BCUT2D eigenvalue weighted by atomic mass is 10.2. The Balaban J connectivity index is 2.77. The summed E-state index contributed by atoms with van der Waals surface area (Å²) in [6, 6.07) is 3.70. The molecule has 0 saturated heterocycles. The van der Waals surface area contributed by atoms with E-state index in [1.165, 1.54) is 0 Å². The van der Waals surface area contributed by atoms with Crippen LogP contribution in [0, 0.1) is 0 Å². The molecule has 5 heteroatoms.